The minimum Gasteiger partial charge on any atom is -0.469 e. The van der Waals surface area contributed by atoms with Gasteiger partial charge in [-0.3, -0.25) is 9.59 Å². The summed E-state index contributed by atoms with van der Waals surface area (Å²) >= 11 is 1.44. The first-order valence-corrected chi connectivity index (χ1v) is 14.6. The molecule has 40 heavy (non-hydrogen) atoms. The Bertz CT molecular complexity index is 1300. The van der Waals surface area contributed by atoms with Crippen LogP contribution in [0.1, 0.15) is 60.1 Å². The van der Waals surface area contributed by atoms with Gasteiger partial charge >= 0.3 is 12.0 Å². The van der Waals surface area contributed by atoms with Crippen LogP contribution in [0.5, 0.6) is 0 Å². The molecule has 5 rings (SSSR count). The van der Waals surface area contributed by atoms with Crippen LogP contribution in [0, 0.1) is 11.7 Å². The Morgan fingerprint density at radius 2 is 1.70 bits per heavy atom. The summed E-state index contributed by atoms with van der Waals surface area (Å²) in [5.41, 5.74) is 1.50. The van der Waals surface area contributed by atoms with E-state index in [0.29, 0.717) is 0 Å². The molecular formula is C31H34FN3O4S. The van der Waals surface area contributed by atoms with Gasteiger partial charge in [-0.05, 0) is 47.5 Å². The van der Waals surface area contributed by atoms with E-state index in [2.05, 4.69) is 10.6 Å². The molecule has 2 heterocycles. The number of rotatable bonds is 7. The lowest BCUT2D eigenvalue weighted by molar-refractivity contribution is -0.146. The molecule has 9 heteroatoms. The van der Waals surface area contributed by atoms with Crippen LogP contribution in [-0.2, 0) is 20.9 Å². The van der Waals surface area contributed by atoms with Gasteiger partial charge in [-0.25, -0.2) is 9.18 Å². The number of nitrogens with zero attached hydrogens (tertiary/aromatic N) is 1. The van der Waals surface area contributed by atoms with E-state index in [9.17, 15) is 18.8 Å². The summed E-state index contributed by atoms with van der Waals surface area (Å²) in [5.74, 6) is -2.67. The number of esters is 1. The summed E-state index contributed by atoms with van der Waals surface area (Å²) in [5, 5.41) is 8.05. The van der Waals surface area contributed by atoms with Crippen molar-refractivity contribution in [3.63, 3.8) is 0 Å². The summed E-state index contributed by atoms with van der Waals surface area (Å²) in [7, 11) is 1.34. The van der Waals surface area contributed by atoms with Gasteiger partial charge in [0.05, 0.1) is 19.1 Å². The first-order chi connectivity index (χ1) is 19.5. The average molecular weight is 564 g/mol. The normalized spacial score (nSPS) is 23.0. The van der Waals surface area contributed by atoms with Crippen LogP contribution in [0.15, 0.2) is 72.1 Å². The first kappa shape index (κ1) is 27.8. The highest BCUT2D eigenvalue weighted by atomic mass is 32.1. The van der Waals surface area contributed by atoms with Crippen molar-refractivity contribution >= 4 is 29.2 Å². The van der Waals surface area contributed by atoms with Crippen LogP contribution < -0.4 is 10.6 Å². The predicted octanol–water partition coefficient (Wildman–Crippen LogP) is 5.54. The number of ether oxygens (including phenoxy) is 1. The number of methoxy groups -OCH3 is 1. The second-order valence-electron chi connectivity index (χ2n) is 10.4. The maximum absolute atomic E-state index is 14.1. The van der Waals surface area contributed by atoms with Crippen molar-refractivity contribution in [1.29, 1.82) is 0 Å². The molecule has 210 valence electrons. The van der Waals surface area contributed by atoms with E-state index >= 15 is 0 Å². The zero-order valence-corrected chi connectivity index (χ0v) is 23.2. The van der Waals surface area contributed by atoms with E-state index in [4.69, 9.17) is 4.74 Å². The Balaban J connectivity index is 1.57. The van der Waals surface area contributed by atoms with Gasteiger partial charge in [0, 0.05) is 23.4 Å². The van der Waals surface area contributed by atoms with Crippen LogP contribution in [0.2, 0.25) is 0 Å². The molecule has 2 aliphatic rings. The molecule has 1 saturated carbocycles. The van der Waals surface area contributed by atoms with Gasteiger partial charge in [-0.15, -0.1) is 11.3 Å². The summed E-state index contributed by atoms with van der Waals surface area (Å²) < 4.78 is 18.8. The highest BCUT2D eigenvalue weighted by molar-refractivity contribution is 7.10. The lowest BCUT2D eigenvalue weighted by Gasteiger charge is -2.33. The number of amides is 3. The number of halogens is 1. The summed E-state index contributed by atoms with van der Waals surface area (Å²) in [6, 6.07) is 17.0. The molecule has 1 aromatic heterocycles. The van der Waals surface area contributed by atoms with Crippen molar-refractivity contribution in [2.24, 2.45) is 5.92 Å². The summed E-state index contributed by atoms with van der Waals surface area (Å²) in [6.45, 7) is 0.155. The Morgan fingerprint density at radius 3 is 2.35 bits per heavy atom. The molecule has 2 aromatic carbocycles. The number of benzene rings is 2. The Hall–Kier alpha value is -3.72. The number of thiophene rings is 1. The Morgan fingerprint density at radius 1 is 0.975 bits per heavy atom. The molecule has 4 atom stereocenters. The zero-order chi connectivity index (χ0) is 28.1. The molecule has 3 amide bonds. The third kappa shape index (κ3) is 5.89. The molecule has 7 nitrogen and oxygen atoms in total. The minimum atomic E-state index is -0.984. The number of likely N-dealkylation sites (tertiary alicyclic amines) is 1. The molecule has 3 aromatic rings. The number of hydrogen-bond donors (Lipinski definition) is 2. The molecule has 2 fully saturated rings. The van der Waals surface area contributed by atoms with Crippen molar-refractivity contribution in [1.82, 2.24) is 15.5 Å². The van der Waals surface area contributed by atoms with E-state index in [1.165, 1.54) is 30.6 Å². The SMILES string of the molecule is COC(=O)C1C(c2ccccc2)C(C(=O)NCc2ccc(F)cc2)N(C(=O)NC2CCCCC2)C1c1cccs1. The molecule has 0 spiro atoms. The summed E-state index contributed by atoms with van der Waals surface area (Å²) in [6.07, 6.45) is 4.99. The fraction of sp³-hybridized carbons (Fsp3) is 0.387. The average Bonchev–Trinajstić information content (AvgIpc) is 3.64. The van der Waals surface area contributed by atoms with Crippen molar-refractivity contribution in [3.8, 4) is 0 Å². The van der Waals surface area contributed by atoms with Crippen molar-refractivity contribution < 1.29 is 23.5 Å². The fourth-order valence-corrected chi connectivity index (χ4v) is 6.97. The second-order valence-corrected chi connectivity index (χ2v) is 11.4. The number of carbonyl (C=O) groups is 3. The Labute approximate surface area is 237 Å². The van der Waals surface area contributed by atoms with Crippen LogP contribution in [0.4, 0.5) is 9.18 Å². The van der Waals surface area contributed by atoms with Crippen molar-refractivity contribution in [2.45, 2.75) is 62.7 Å². The quantitative estimate of drug-likeness (QED) is 0.370. The van der Waals surface area contributed by atoms with Crippen molar-refractivity contribution in [2.75, 3.05) is 7.11 Å². The molecule has 1 aliphatic heterocycles. The van der Waals surface area contributed by atoms with Gasteiger partial charge in [0.2, 0.25) is 5.91 Å². The van der Waals surface area contributed by atoms with Crippen LogP contribution >= 0.6 is 11.3 Å². The third-order valence-electron chi connectivity index (χ3n) is 7.98. The lowest BCUT2D eigenvalue weighted by Crippen LogP contribution is -2.53. The maximum atomic E-state index is 14.1. The molecular weight excluding hydrogens is 529 g/mol. The monoisotopic (exact) mass is 563 g/mol. The predicted molar refractivity (Wildman–Crippen MR) is 151 cm³/mol. The molecule has 1 saturated heterocycles. The smallest absolute Gasteiger partial charge is 0.318 e. The molecule has 2 N–H and O–H groups in total. The van der Waals surface area contributed by atoms with Gasteiger partial charge < -0.3 is 20.3 Å². The topological polar surface area (TPSA) is 87.7 Å². The van der Waals surface area contributed by atoms with Crippen LogP contribution in [0.25, 0.3) is 0 Å². The highest BCUT2D eigenvalue weighted by Crippen LogP contribution is 2.51. The fourth-order valence-electron chi connectivity index (χ4n) is 6.10. The van der Waals surface area contributed by atoms with E-state index in [1.807, 2.05) is 47.8 Å². The van der Waals surface area contributed by atoms with Crippen LogP contribution in [0.3, 0.4) is 0 Å². The molecule has 4 unspecified atom stereocenters. The van der Waals surface area contributed by atoms with Gasteiger partial charge in [-0.1, -0.05) is 67.8 Å². The molecule has 0 radical (unpaired) electrons. The lowest BCUT2D eigenvalue weighted by atomic mass is 9.81. The first-order valence-electron chi connectivity index (χ1n) is 13.7. The van der Waals surface area contributed by atoms with E-state index < -0.39 is 29.9 Å². The molecule has 0 bridgehead atoms. The number of carbonyl (C=O) groups excluding carboxylic acids is 3. The van der Waals surface area contributed by atoms with Crippen molar-refractivity contribution in [3.05, 3.63) is 93.9 Å². The standard InChI is InChI=1S/C31H34FN3O4S/c1-39-30(37)26-25(21-9-4-2-5-10-21)28(29(36)33-19-20-14-16-22(32)17-15-20)35(27(26)24-13-8-18-40-24)31(38)34-23-11-6-3-7-12-23/h2,4-5,8-10,13-18,23,25-28H,3,6-7,11-12,19H2,1H3,(H,33,36)(H,34,38). The number of hydrogen-bond acceptors (Lipinski definition) is 5. The largest absolute Gasteiger partial charge is 0.469 e. The number of urea groups is 1. The number of nitrogens with one attached hydrogen (secondary N) is 2. The maximum Gasteiger partial charge on any atom is 0.318 e. The van der Waals surface area contributed by atoms with Gasteiger partial charge in [0.25, 0.3) is 0 Å². The third-order valence-corrected chi connectivity index (χ3v) is 8.92. The highest BCUT2D eigenvalue weighted by Gasteiger charge is 2.58. The van der Waals surface area contributed by atoms with E-state index in [0.717, 1.165) is 48.1 Å². The Kier molecular flexibility index (Phi) is 8.79. The van der Waals surface area contributed by atoms with Gasteiger partial charge in [0.15, 0.2) is 0 Å². The van der Waals surface area contributed by atoms with E-state index in [1.54, 1.807) is 17.0 Å². The minimum absolute atomic E-state index is 0.0144. The summed E-state index contributed by atoms with van der Waals surface area (Å²) in [4.78, 5) is 44.1. The molecule has 1 aliphatic carbocycles. The van der Waals surface area contributed by atoms with Crippen LogP contribution in [-0.4, -0.2) is 42.0 Å². The van der Waals surface area contributed by atoms with Gasteiger partial charge in [0.1, 0.15) is 11.9 Å². The van der Waals surface area contributed by atoms with Gasteiger partial charge in [-0.2, -0.15) is 0 Å². The zero-order valence-electron chi connectivity index (χ0n) is 22.4. The van der Waals surface area contributed by atoms with E-state index in [-0.39, 0.29) is 30.3 Å². The second kappa shape index (κ2) is 12.6.